The van der Waals surface area contributed by atoms with E-state index in [1.165, 1.54) is 6.07 Å². The SMILES string of the molecule is CC(NCCN)c1ccc(F)c(F)c1. The van der Waals surface area contributed by atoms with Crippen LogP contribution in [0.5, 0.6) is 0 Å². The molecule has 0 aliphatic carbocycles. The van der Waals surface area contributed by atoms with Crippen molar-refractivity contribution in [2.24, 2.45) is 5.73 Å². The van der Waals surface area contributed by atoms with Gasteiger partial charge < -0.3 is 11.1 Å². The van der Waals surface area contributed by atoms with E-state index >= 15 is 0 Å². The molecule has 0 heterocycles. The van der Waals surface area contributed by atoms with Crippen molar-refractivity contribution in [3.05, 3.63) is 35.4 Å². The minimum absolute atomic E-state index is 0.0198. The quantitative estimate of drug-likeness (QED) is 0.774. The molecule has 0 aliphatic rings. The highest BCUT2D eigenvalue weighted by molar-refractivity contribution is 5.20. The molecule has 2 nitrogen and oxygen atoms in total. The maximum absolute atomic E-state index is 12.8. The normalized spacial score (nSPS) is 12.9. The third kappa shape index (κ3) is 2.75. The van der Waals surface area contributed by atoms with E-state index in [1.807, 2.05) is 6.92 Å². The van der Waals surface area contributed by atoms with Gasteiger partial charge >= 0.3 is 0 Å². The third-order valence-electron chi connectivity index (χ3n) is 2.04. The lowest BCUT2D eigenvalue weighted by atomic mass is 10.1. The summed E-state index contributed by atoms with van der Waals surface area (Å²) in [4.78, 5) is 0. The maximum Gasteiger partial charge on any atom is 0.159 e. The van der Waals surface area contributed by atoms with E-state index in [4.69, 9.17) is 5.73 Å². The fourth-order valence-electron chi connectivity index (χ4n) is 1.20. The molecule has 0 fully saturated rings. The molecule has 78 valence electrons. The van der Waals surface area contributed by atoms with Gasteiger partial charge in [0.2, 0.25) is 0 Å². The van der Waals surface area contributed by atoms with Gasteiger partial charge in [-0.05, 0) is 24.6 Å². The van der Waals surface area contributed by atoms with E-state index in [0.29, 0.717) is 13.1 Å². The minimum Gasteiger partial charge on any atom is -0.329 e. The van der Waals surface area contributed by atoms with Gasteiger partial charge in [-0.3, -0.25) is 0 Å². The van der Waals surface area contributed by atoms with Crippen molar-refractivity contribution < 1.29 is 8.78 Å². The minimum atomic E-state index is -0.820. The van der Waals surface area contributed by atoms with Crippen molar-refractivity contribution in [1.82, 2.24) is 5.32 Å². The van der Waals surface area contributed by atoms with Crippen LogP contribution in [0, 0.1) is 11.6 Å². The molecule has 0 saturated heterocycles. The Hall–Kier alpha value is -1.00. The van der Waals surface area contributed by atoms with E-state index < -0.39 is 11.6 Å². The van der Waals surface area contributed by atoms with Crippen molar-refractivity contribution in [2.45, 2.75) is 13.0 Å². The molecule has 0 amide bonds. The zero-order valence-corrected chi connectivity index (χ0v) is 8.06. The maximum atomic E-state index is 12.8. The van der Waals surface area contributed by atoms with Gasteiger partial charge in [-0.1, -0.05) is 6.07 Å². The average molecular weight is 200 g/mol. The summed E-state index contributed by atoms with van der Waals surface area (Å²) in [6.45, 7) is 3.05. The van der Waals surface area contributed by atoms with Crippen molar-refractivity contribution in [3.8, 4) is 0 Å². The van der Waals surface area contributed by atoms with Crippen LogP contribution in [0.25, 0.3) is 0 Å². The predicted molar refractivity (Wildman–Crippen MR) is 51.8 cm³/mol. The number of halogens is 2. The molecule has 4 heteroatoms. The zero-order chi connectivity index (χ0) is 10.6. The number of nitrogens with one attached hydrogen (secondary N) is 1. The number of nitrogens with two attached hydrogens (primary N) is 1. The number of hydrogen-bond acceptors (Lipinski definition) is 2. The van der Waals surface area contributed by atoms with Crippen molar-refractivity contribution in [2.75, 3.05) is 13.1 Å². The van der Waals surface area contributed by atoms with Crippen LogP contribution in [-0.2, 0) is 0 Å². The second-order valence-corrected chi connectivity index (χ2v) is 3.14. The van der Waals surface area contributed by atoms with Crippen LogP contribution in [-0.4, -0.2) is 13.1 Å². The summed E-state index contributed by atoms with van der Waals surface area (Å²) >= 11 is 0. The van der Waals surface area contributed by atoms with Crippen molar-refractivity contribution in [1.29, 1.82) is 0 Å². The standard InChI is InChI=1S/C10H14F2N2/c1-7(14-5-4-13)8-2-3-9(11)10(12)6-8/h2-3,6-7,14H,4-5,13H2,1H3. The second-order valence-electron chi connectivity index (χ2n) is 3.14. The molecule has 1 rings (SSSR count). The summed E-state index contributed by atoms with van der Waals surface area (Å²) in [6.07, 6.45) is 0. The summed E-state index contributed by atoms with van der Waals surface area (Å²) in [6, 6.07) is 3.87. The first kappa shape index (κ1) is 11.1. The van der Waals surface area contributed by atoms with E-state index in [2.05, 4.69) is 5.32 Å². The van der Waals surface area contributed by atoms with Crippen LogP contribution in [0.3, 0.4) is 0 Å². The predicted octanol–water partition coefficient (Wildman–Crippen LogP) is 1.57. The monoisotopic (exact) mass is 200 g/mol. The molecule has 0 bridgehead atoms. The van der Waals surface area contributed by atoms with Gasteiger partial charge in [-0.2, -0.15) is 0 Å². The first-order chi connectivity index (χ1) is 6.65. The first-order valence-electron chi connectivity index (χ1n) is 4.53. The van der Waals surface area contributed by atoms with E-state index in [9.17, 15) is 8.78 Å². The number of hydrogen-bond donors (Lipinski definition) is 2. The lowest BCUT2D eigenvalue weighted by Crippen LogP contribution is -2.25. The molecule has 1 aromatic rings. The number of rotatable bonds is 4. The van der Waals surface area contributed by atoms with Crippen LogP contribution in [0.15, 0.2) is 18.2 Å². The molecule has 1 aromatic carbocycles. The van der Waals surface area contributed by atoms with Gasteiger partial charge in [0, 0.05) is 19.1 Å². The van der Waals surface area contributed by atoms with E-state index in [-0.39, 0.29) is 6.04 Å². The molecule has 0 saturated carbocycles. The Kier molecular flexibility index (Phi) is 3.98. The average Bonchev–Trinajstić information content (AvgIpc) is 2.18. The lowest BCUT2D eigenvalue weighted by molar-refractivity contribution is 0.501. The lowest BCUT2D eigenvalue weighted by Gasteiger charge is -2.13. The third-order valence-corrected chi connectivity index (χ3v) is 2.04. The topological polar surface area (TPSA) is 38.0 Å². The Labute approximate surface area is 82.1 Å². The van der Waals surface area contributed by atoms with Crippen LogP contribution in [0.1, 0.15) is 18.5 Å². The molecule has 0 aliphatic heterocycles. The molecule has 0 aromatic heterocycles. The van der Waals surface area contributed by atoms with Crippen LogP contribution >= 0.6 is 0 Å². The van der Waals surface area contributed by atoms with Gasteiger partial charge in [-0.15, -0.1) is 0 Å². The second kappa shape index (κ2) is 5.02. The molecule has 14 heavy (non-hydrogen) atoms. The Morgan fingerprint density at radius 1 is 1.36 bits per heavy atom. The highest BCUT2D eigenvalue weighted by Gasteiger charge is 2.07. The summed E-state index contributed by atoms with van der Waals surface area (Å²) in [5.74, 6) is -1.64. The molecule has 0 spiro atoms. The van der Waals surface area contributed by atoms with Crippen LogP contribution in [0.2, 0.25) is 0 Å². The fraction of sp³-hybridized carbons (Fsp3) is 0.400. The Morgan fingerprint density at radius 3 is 2.64 bits per heavy atom. The number of benzene rings is 1. The Morgan fingerprint density at radius 2 is 2.07 bits per heavy atom. The molecular weight excluding hydrogens is 186 g/mol. The van der Waals surface area contributed by atoms with Crippen molar-refractivity contribution >= 4 is 0 Å². The largest absolute Gasteiger partial charge is 0.329 e. The zero-order valence-electron chi connectivity index (χ0n) is 8.06. The summed E-state index contributed by atoms with van der Waals surface area (Å²) < 4.78 is 25.4. The Bertz CT molecular complexity index is 302. The highest BCUT2D eigenvalue weighted by Crippen LogP contribution is 2.15. The van der Waals surface area contributed by atoms with Gasteiger partial charge in [0.15, 0.2) is 11.6 Å². The highest BCUT2D eigenvalue weighted by atomic mass is 19.2. The Balaban J connectivity index is 2.70. The molecular formula is C10H14F2N2. The summed E-state index contributed by atoms with van der Waals surface area (Å²) in [5, 5.41) is 3.08. The van der Waals surface area contributed by atoms with E-state index in [0.717, 1.165) is 11.6 Å². The van der Waals surface area contributed by atoms with Crippen molar-refractivity contribution in [3.63, 3.8) is 0 Å². The smallest absolute Gasteiger partial charge is 0.159 e. The summed E-state index contributed by atoms with van der Waals surface area (Å²) in [5.41, 5.74) is 6.03. The van der Waals surface area contributed by atoms with Gasteiger partial charge in [0.25, 0.3) is 0 Å². The van der Waals surface area contributed by atoms with Gasteiger partial charge in [0.1, 0.15) is 0 Å². The molecule has 1 atom stereocenters. The van der Waals surface area contributed by atoms with Gasteiger partial charge in [0.05, 0.1) is 0 Å². The fourth-order valence-corrected chi connectivity index (χ4v) is 1.20. The first-order valence-corrected chi connectivity index (χ1v) is 4.53. The van der Waals surface area contributed by atoms with Gasteiger partial charge in [-0.25, -0.2) is 8.78 Å². The van der Waals surface area contributed by atoms with Crippen LogP contribution in [0.4, 0.5) is 8.78 Å². The molecule has 1 unspecified atom stereocenters. The molecule has 0 radical (unpaired) electrons. The van der Waals surface area contributed by atoms with Crippen LogP contribution < -0.4 is 11.1 Å². The van der Waals surface area contributed by atoms with E-state index in [1.54, 1.807) is 6.07 Å². The molecule has 3 N–H and O–H groups in total. The summed E-state index contributed by atoms with van der Waals surface area (Å²) in [7, 11) is 0.